The van der Waals surface area contributed by atoms with Gasteiger partial charge >= 0.3 is 0 Å². The van der Waals surface area contributed by atoms with Crippen molar-refractivity contribution in [2.45, 2.75) is 45.7 Å². The molecule has 4 nitrogen and oxygen atoms in total. The molecule has 1 heterocycles. The maximum Gasteiger partial charge on any atom is 0.191 e. The van der Waals surface area contributed by atoms with E-state index in [1.54, 1.807) is 18.4 Å². The summed E-state index contributed by atoms with van der Waals surface area (Å²) in [7, 11) is 1.80. The third-order valence-corrected chi connectivity index (χ3v) is 5.04. The molecular weight excluding hydrogens is 431 g/mol. The van der Waals surface area contributed by atoms with E-state index in [-0.39, 0.29) is 30.0 Å². The van der Waals surface area contributed by atoms with Crippen LogP contribution in [0.1, 0.15) is 43.0 Å². The molecule has 24 heavy (non-hydrogen) atoms. The zero-order chi connectivity index (χ0) is 16.7. The van der Waals surface area contributed by atoms with Gasteiger partial charge in [-0.25, -0.2) is 4.98 Å². The van der Waals surface area contributed by atoms with Crippen LogP contribution in [0.5, 0.6) is 0 Å². The Morgan fingerprint density at radius 1 is 1.25 bits per heavy atom. The highest BCUT2D eigenvalue weighted by Crippen LogP contribution is 2.18. The molecule has 0 bridgehead atoms. The number of aryl methyl sites for hydroxylation is 1. The largest absolute Gasteiger partial charge is 0.353 e. The second-order valence-corrected chi connectivity index (χ2v) is 6.59. The Morgan fingerprint density at radius 3 is 2.54 bits per heavy atom. The van der Waals surface area contributed by atoms with Gasteiger partial charge in [-0.05, 0) is 18.9 Å². The third-order valence-electron chi connectivity index (χ3n) is 4.00. The lowest BCUT2D eigenvalue weighted by Crippen LogP contribution is -2.43. The fraction of sp³-hybridized carbons (Fsp3) is 0.444. The van der Waals surface area contributed by atoms with Crippen LogP contribution < -0.4 is 10.6 Å². The van der Waals surface area contributed by atoms with Crippen molar-refractivity contribution >= 4 is 41.3 Å². The first-order valence-electron chi connectivity index (χ1n) is 8.09. The maximum absolute atomic E-state index is 4.57. The molecule has 2 aromatic rings. The Bertz CT molecular complexity index is 627. The smallest absolute Gasteiger partial charge is 0.191 e. The number of hydrogen-bond acceptors (Lipinski definition) is 3. The summed E-state index contributed by atoms with van der Waals surface area (Å²) in [5.74, 6) is 1.21. The summed E-state index contributed by atoms with van der Waals surface area (Å²) in [5, 5.41) is 10.1. The van der Waals surface area contributed by atoms with Crippen molar-refractivity contribution in [1.82, 2.24) is 15.6 Å². The SMILES string of the molecule is CCc1nc(CNC(=NC)NC(C)C(C)c2ccccc2)cs1.I. The highest BCUT2D eigenvalue weighted by molar-refractivity contribution is 14.0. The standard InChI is InChI=1S/C18H26N4S.HI/c1-5-17-22-16(12-23-17)11-20-18(19-4)21-14(3)13(2)15-9-7-6-8-10-15;/h6-10,12-14H,5,11H2,1-4H3,(H2,19,20,21);1H. The van der Waals surface area contributed by atoms with E-state index >= 15 is 0 Å². The lowest BCUT2D eigenvalue weighted by atomic mass is 9.94. The number of guanidine groups is 1. The number of halogens is 1. The molecule has 0 radical (unpaired) electrons. The molecule has 2 rings (SSSR count). The van der Waals surface area contributed by atoms with Crippen molar-refractivity contribution in [3.63, 3.8) is 0 Å². The van der Waals surface area contributed by atoms with Crippen LogP contribution in [0.2, 0.25) is 0 Å². The minimum absolute atomic E-state index is 0. The van der Waals surface area contributed by atoms with Crippen LogP contribution in [0.15, 0.2) is 40.7 Å². The monoisotopic (exact) mass is 458 g/mol. The van der Waals surface area contributed by atoms with E-state index in [1.165, 1.54) is 10.6 Å². The molecule has 6 heteroatoms. The van der Waals surface area contributed by atoms with Gasteiger partial charge in [0.2, 0.25) is 0 Å². The van der Waals surface area contributed by atoms with Crippen molar-refractivity contribution in [3.05, 3.63) is 52.0 Å². The minimum atomic E-state index is 0. The lowest BCUT2D eigenvalue weighted by molar-refractivity contribution is 0.550. The Labute approximate surface area is 166 Å². The fourth-order valence-electron chi connectivity index (χ4n) is 2.35. The predicted octanol–water partition coefficient (Wildman–Crippen LogP) is 4.18. The van der Waals surface area contributed by atoms with E-state index in [9.17, 15) is 0 Å². The van der Waals surface area contributed by atoms with Gasteiger partial charge in [-0.15, -0.1) is 35.3 Å². The van der Waals surface area contributed by atoms with Crippen LogP contribution in [0.25, 0.3) is 0 Å². The number of rotatable bonds is 6. The molecule has 0 fully saturated rings. The Kier molecular flexibility index (Phi) is 9.28. The number of nitrogens with one attached hydrogen (secondary N) is 2. The van der Waals surface area contributed by atoms with Gasteiger partial charge in [0.05, 0.1) is 17.2 Å². The van der Waals surface area contributed by atoms with Crippen molar-refractivity contribution in [3.8, 4) is 0 Å². The molecule has 0 aliphatic rings. The van der Waals surface area contributed by atoms with Crippen molar-refractivity contribution in [2.75, 3.05) is 7.05 Å². The van der Waals surface area contributed by atoms with Crippen LogP contribution in [0.4, 0.5) is 0 Å². The number of thiazole rings is 1. The van der Waals surface area contributed by atoms with Gasteiger partial charge in [0, 0.05) is 24.4 Å². The number of benzene rings is 1. The molecule has 0 spiro atoms. The van der Waals surface area contributed by atoms with Crippen molar-refractivity contribution in [1.29, 1.82) is 0 Å². The molecule has 2 unspecified atom stereocenters. The average molecular weight is 458 g/mol. The second-order valence-electron chi connectivity index (χ2n) is 5.64. The Hall–Kier alpha value is -1.15. The van der Waals surface area contributed by atoms with Gasteiger partial charge in [-0.1, -0.05) is 44.2 Å². The molecule has 2 N–H and O–H groups in total. The molecular formula is C18H27IN4S. The summed E-state index contributed by atoms with van der Waals surface area (Å²) in [6, 6.07) is 10.8. The first-order chi connectivity index (χ1) is 11.1. The quantitative estimate of drug-likeness (QED) is 0.388. The molecule has 1 aromatic heterocycles. The normalized spacial score (nSPS) is 13.8. The van der Waals surface area contributed by atoms with Crippen LogP contribution in [-0.4, -0.2) is 24.0 Å². The van der Waals surface area contributed by atoms with Crippen LogP contribution >= 0.6 is 35.3 Å². The maximum atomic E-state index is 4.57. The third kappa shape index (κ3) is 6.05. The van der Waals surface area contributed by atoms with Crippen molar-refractivity contribution < 1.29 is 0 Å². The highest BCUT2D eigenvalue weighted by Gasteiger charge is 2.15. The summed E-state index contributed by atoms with van der Waals surface area (Å²) in [5.41, 5.74) is 2.40. The van der Waals surface area contributed by atoms with Gasteiger partial charge in [-0.2, -0.15) is 0 Å². The zero-order valence-electron chi connectivity index (χ0n) is 14.7. The van der Waals surface area contributed by atoms with Crippen molar-refractivity contribution in [2.24, 2.45) is 4.99 Å². The van der Waals surface area contributed by atoms with E-state index in [0.717, 1.165) is 18.1 Å². The highest BCUT2D eigenvalue weighted by atomic mass is 127. The summed E-state index contributed by atoms with van der Waals surface area (Å²) in [6.45, 7) is 7.24. The molecule has 0 aliphatic carbocycles. The predicted molar refractivity (Wildman–Crippen MR) is 115 cm³/mol. The number of nitrogens with zero attached hydrogens (tertiary/aromatic N) is 2. The molecule has 0 aliphatic heterocycles. The van der Waals surface area contributed by atoms with Gasteiger partial charge in [0.1, 0.15) is 0 Å². The summed E-state index contributed by atoms with van der Waals surface area (Å²) in [6.07, 6.45) is 0.989. The lowest BCUT2D eigenvalue weighted by Gasteiger charge is -2.23. The van der Waals surface area contributed by atoms with Gasteiger partial charge in [-0.3, -0.25) is 4.99 Å². The van der Waals surface area contributed by atoms with E-state index in [2.05, 4.69) is 71.0 Å². The summed E-state index contributed by atoms with van der Waals surface area (Å²) < 4.78 is 0. The Morgan fingerprint density at radius 2 is 1.96 bits per heavy atom. The van der Waals surface area contributed by atoms with E-state index in [4.69, 9.17) is 0 Å². The summed E-state index contributed by atoms with van der Waals surface area (Å²) >= 11 is 1.71. The van der Waals surface area contributed by atoms with E-state index in [0.29, 0.717) is 12.5 Å². The van der Waals surface area contributed by atoms with E-state index in [1.807, 2.05) is 6.07 Å². The second kappa shape index (κ2) is 10.7. The number of aromatic nitrogens is 1. The van der Waals surface area contributed by atoms with E-state index < -0.39 is 0 Å². The van der Waals surface area contributed by atoms with Crippen LogP contribution in [0, 0.1) is 0 Å². The van der Waals surface area contributed by atoms with Gasteiger partial charge in [0.15, 0.2) is 5.96 Å². The fourth-order valence-corrected chi connectivity index (χ4v) is 3.09. The number of hydrogen-bond donors (Lipinski definition) is 2. The molecule has 0 amide bonds. The topological polar surface area (TPSA) is 49.3 Å². The first-order valence-corrected chi connectivity index (χ1v) is 8.97. The molecule has 132 valence electrons. The van der Waals surface area contributed by atoms with Crippen LogP contribution in [-0.2, 0) is 13.0 Å². The Balaban J connectivity index is 0.00000288. The van der Waals surface area contributed by atoms with Gasteiger partial charge in [0.25, 0.3) is 0 Å². The summed E-state index contributed by atoms with van der Waals surface area (Å²) in [4.78, 5) is 8.89. The molecule has 2 atom stereocenters. The van der Waals surface area contributed by atoms with Crippen LogP contribution in [0.3, 0.4) is 0 Å². The number of aliphatic imine (C=N–C) groups is 1. The zero-order valence-corrected chi connectivity index (χ0v) is 17.9. The first kappa shape index (κ1) is 20.9. The minimum Gasteiger partial charge on any atom is -0.353 e. The van der Waals surface area contributed by atoms with Gasteiger partial charge < -0.3 is 10.6 Å². The molecule has 0 saturated carbocycles. The average Bonchev–Trinajstić information content (AvgIpc) is 3.06. The molecule has 0 saturated heterocycles. The molecule has 1 aromatic carbocycles.